The summed E-state index contributed by atoms with van der Waals surface area (Å²) in [6.45, 7) is 3.24. The van der Waals surface area contributed by atoms with Gasteiger partial charge in [0.2, 0.25) is 5.91 Å². The van der Waals surface area contributed by atoms with Crippen LogP contribution in [0.25, 0.3) is 0 Å². The van der Waals surface area contributed by atoms with Crippen molar-refractivity contribution in [2.24, 2.45) is 5.73 Å². The monoisotopic (exact) mass is 252 g/mol. The molecular formula is C13H20N2O3. The van der Waals surface area contributed by atoms with Crippen molar-refractivity contribution >= 4 is 5.91 Å². The van der Waals surface area contributed by atoms with Crippen LogP contribution in [0.1, 0.15) is 12.5 Å². The molecular weight excluding hydrogens is 232 g/mol. The Hall–Kier alpha value is -1.59. The first kappa shape index (κ1) is 14.5. The van der Waals surface area contributed by atoms with Gasteiger partial charge in [0.05, 0.1) is 13.2 Å². The molecule has 0 spiro atoms. The Morgan fingerprint density at radius 3 is 2.61 bits per heavy atom. The number of carbonyl (C=O) groups is 1. The van der Waals surface area contributed by atoms with E-state index in [1.807, 2.05) is 31.2 Å². The third-order valence-corrected chi connectivity index (χ3v) is 2.38. The average molecular weight is 252 g/mol. The predicted molar refractivity (Wildman–Crippen MR) is 69.3 cm³/mol. The second-order valence-corrected chi connectivity index (χ2v) is 3.86. The second kappa shape index (κ2) is 7.68. The normalized spacial score (nSPS) is 11.9. The summed E-state index contributed by atoms with van der Waals surface area (Å²) in [6, 6.07) is 6.94. The van der Waals surface area contributed by atoms with Gasteiger partial charge in [-0.2, -0.15) is 0 Å². The predicted octanol–water partition coefficient (Wildman–Crippen LogP) is 0.675. The van der Waals surface area contributed by atoms with Gasteiger partial charge in [-0.3, -0.25) is 4.79 Å². The minimum Gasteiger partial charge on any atom is -0.494 e. The van der Waals surface area contributed by atoms with Crippen LogP contribution in [0, 0.1) is 0 Å². The largest absolute Gasteiger partial charge is 0.494 e. The zero-order valence-corrected chi connectivity index (χ0v) is 10.8. The van der Waals surface area contributed by atoms with Crippen molar-refractivity contribution in [2.45, 2.75) is 19.5 Å². The summed E-state index contributed by atoms with van der Waals surface area (Å²) in [4.78, 5) is 11.5. The summed E-state index contributed by atoms with van der Waals surface area (Å²) in [6.07, 6.45) is 0. The van der Waals surface area contributed by atoms with Crippen molar-refractivity contribution in [3.8, 4) is 5.75 Å². The maximum Gasteiger partial charge on any atom is 0.239 e. The maximum atomic E-state index is 11.5. The van der Waals surface area contributed by atoms with E-state index in [4.69, 9.17) is 15.2 Å². The van der Waals surface area contributed by atoms with Crippen LogP contribution < -0.4 is 15.8 Å². The topological polar surface area (TPSA) is 73.6 Å². The van der Waals surface area contributed by atoms with Crippen molar-refractivity contribution in [2.75, 3.05) is 20.3 Å². The molecule has 0 saturated heterocycles. The Bertz CT molecular complexity index is 365. The van der Waals surface area contributed by atoms with E-state index in [0.717, 1.165) is 11.3 Å². The highest BCUT2D eigenvalue weighted by molar-refractivity contribution is 5.81. The van der Waals surface area contributed by atoms with Gasteiger partial charge in [0.1, 0.15) is 11.8 Å². The van der Waals surface area contributed by atoms with E-state index in [1.54, 1.807) is 0 Å². The van der Waals surface area contributed by atoms with Gasteiger partial charge in [-0.15, -0.1) is 0 Å². The quantitative estimate of drug-likeness (QED) is 0.748. The molecule has 0 heterocycles. The van der Waals surface area contributed by atoms with Crippen LogP contribution in [0.5, 0.6) is 5.75 Å². The molecule has 1 atom stereocenters. The van der Waals surface area contributed by atoms with E-state index in [2.05, 4.69) is 5.32 Å². The fourth-order valence-electron chi connectivity index (χ4n) is 1.45. The molecule has 0 saturated carbocycles. The number of nitrogens with two attached hydrogens (primary N) is 1. The number of ether oxygens (including phenoxy) is 2. The van der Waals surface area contributed by atoms with Gasteiger partial charge in [0, 0.05) is 13.7 Å². The van der Waals surface area contributed by atoms with Crippen molar-refractivity contribution in [1.29, 1.82) is 0 Å². The summed E-state index contributed by atoms with van der Waals surface area (Å²) in [5.74, 6) is 0.606. The van der Waals surface area contributed by atoms with Crippen LogP contribution in [0.3, 0.4) is 0 Å². The van der Waals surface area contributed by atoms with Crippen LogP contribution in [-0.4, -0.2) is 32.3 Å². The highest BCUT2D eigenvalue weighted by atomic mass is 16.5. The number of rotatable bonds is 7. The minimum absolute atomic E-state index is 0.217. The fourth-order valence-corrected chi connectivity index (χ4v) is 1.45. The molecule has 5 heteroatoms. The van der Waals surface area contributed by atoms with Gasteiger partial charge >= 0.3 is 0 Å². The van der Waals surface area contributed by atoms with Gasteiger partial charge in [-0.25, -0.2) is 0 Å². The highest BCUT2D eigenvalue weighted by Gasteiger charge is 2.11. The van der Waals surface area contributed by atoms with Gasteiger partial charge < -0.3 is 20.5 Å². The summed E-state index contributed by atoms with van der Waals surface area (Å²) in [5, 5.41) is 2.75. The molecule has 1 unspecified atom stereocenters. The molecule has 1 aromatic rings. The number of amides is 1. The number of carbonyl (C=O) groups excluding carboxylic acids is 1. The number of hydrogen-bond acceptors (Lipinski definition) is 4. The van der Waals surface area contributed by atoms with E-state index in [-0.39, 0.29) is 12.5 Å². The first-order valence-corrected chi connectivity index (χ1v) is 5.91. The fraction of sp³-hybridized carbons (Fsp3) is 0.462. The SMILES string of the molecule is CCOc1ccc(CNC(=O)C(N)COC)cc1. The lowest BCUT2D eigenvalue weighted by atomic mass is 10.2. The number of hydrogen-bond donors (Lipinski definition) is 2. The molecule has 1 aromatic carbocycles. The lowest BCUT2D eigenvalue weighted by Gasteiger charge is -2.11. The first-order valence-electron chi connectivity index (χ1n) is 5.91. The smallest absolute Gasteiger partial charge is 0.239 e. The van der Waals surface area contributed by atoms with Crippen LogP contribution in [0.2, 0.25) is 0 Å². The second-order valence-electron chi connectivity index (χ2n) is 3.86. The molecule has 0 aliphatic heterocycles. The van der Waals surface area contributed by atoms with Crippen molar-refractivity contribution in [3.63, 3.8) is 0 Å². The number of benzene rings is 1. The minimum atomic E-state index is -0.627. The van der Waals surface area contributed by atoms with E-state index in [9.17, 15) is 4.79 Å². The Labute approximate surface area is 107 Å². The summed E-state index contributed by atoms with van der Waals surface area (Å²) in [7, 11) is 1.51. The summed E-state index contributed by atoms with van der Waals surface area (Å²) in [5.41, 5.74) is 6.60. The Morgan fingerprint density at radius 1 is 1.39 bits per heavy atom. The lowest BCUT2D eigenvalue weighted by molar-refractivity contribution is -0.123. The van der Waals surface area contributed by atoms with Gasteiger partial charge in [-0.1, -0.05) is 12.1 Å². The van der Waals surface area contributed by atoms with Gasteiger partial charge in [0.15, 0.2) is 0 Å². The van der Waals surface area contributed by atoms with E-state index >= 15 is 0 Å². The molecule has 5 nitrogen and oxygen atoms in total. The van der Waals surface area contributed by atoms with Crippen LogP contribution in [0.4, 0.5) is 0 Å². The standard InChI is InChI=1S/C13H20N2O3/c1-3-18-11-6-4-10(5-7-11)8-15-13(16)12(14)9-17-2/h4-7,12H,3,8-9,14H2,1-2H3,(H,15,16). The molecule has 18 heavy (non-hydrogen) atoms. The third-order valence-electron chi connectivity index (χ3n) is 2.38. The zero-order valence-electron chi connectivity index (χ0n) is 10.8. The Kier molecular flexibility index (Phi) is 6.18. The molecule has 0 radical (unpaired) electrons. The number of methoxy groups -OCH3 is 1. The van der Waals surface area contributed by atoms with E-state index in [1.165, 1.54) is 7.11 Å². The van der Waals surface area contributed by atoms with Crippen LogP contribution in [0.15, 0.2) is 24.3 Å². The molecule has 1 amide bonds. The molecule has 0 aliphatic rings. The van der Waals surface area contributed by atoms with E-state index < -0.39 is 6.04 Å². The first-order chi connectivity index (χ1) is 8.67. The maximum absolute atomic E-state index is 11.5. The Balaban J connectivity index is 2.41. The lowest BCUT2D eigenvalue weighted by Crippen LogP contribution is -2.43. The van der Waals surface area contributed by atoms with Crippen molar-refractivity contribution < 1.29 is 14.3 Å². The van der Waals surface area contributed by atoms with Gasteiger partial charge in [0.25, 0.3) is 0 Å². The van der Waals surface area contributed by atoms with Crippen molar-refractivity contribution in [3.05, 3.63) is 29.8 Å². The zero-order chi connectivity index (χ0) is 13.4. The Morgan fingerprint density at radius 2 is 2.06 bits per heavy atom. The molecule has 100 valence electrons. The summed E-state index contributed by atoms with van der Waals surface area (Å²) >= 11 is 0. The highest BCUT2D eigenvalue weighted by Crippen LogP contribution is 2.11. The molecule has 1 rings (SSSR count). The van der Waals surface area contributed by atoms with Crippen LogP contribution in [-0.2, 0) is 16.1 Å². The third kappa shape index (κ3) is 4.73. The van der Waals surface area contributed by atoms with Crippen LogP contribution >= 0.6 is 0 Å². The number of nitrogens with one attached hydrogen (secondary N) is 1. The molecule has 0 bridgehead atoms. The molecule has 0 aliphatic carbocycles. The average Bonchev–Trinajstić information content (AvgIpc) is 2.38. The molecule has 0 fully saturated rings. The van der Waals surface area contributed by atoms with Crippen molar-refractivity contribution in [1.82, 2.24) is 5.32 Å². The molecule has 3 N–H and O–H groups in total. The van der Waals surface area contributed by atoms with Gasteiger partial charge in [-0.05, 0) is 24.6 Å². The summed E-state index contributed by atoms with van der Waals surface area (Å²) < 4.78 is 10.1. The molecule has 0 aromatic heterocycles. The van der Waals surface area contributed by atoms with E-state index in [0.29, 0.717) is 13.2 Å².